The minimum absolute atomic E-state index is 0.304. The summed E-state index contributed by atoms with van der Waals surface area (Å²) >= 11 is 0. The van der Waals surface area contributed by atoms with E-state index in [-0.39, 0.29) is 5.82 Å². The number of methoxy groups -OCH3 is 1. The van der Waals surface area contributed by atoms with Gasteiger partial charge in [0, 0.05) is 18.4 Å². The number of nitriles is 1. The number of pyridine rings is 1. The smallest absolute Gasteiger partial charge is 0.164 e. The van der Waals surface area contributed by atoms with Gasteiger partial charge in [0.2, 0.25) is 0 Å². The van der Waals surface area contributed by atoms with Crippen molar-refractivity contribution >= 4 is 12.0 Å². The molecule has 0 saturated heterocycles. The van der Waals surface area contributed by atoms with Crippen LogP contribution in [0.15, 0.2) is 35.4 Å². The third-order valence-electron chi connectivity index (χ3n) is 2.89. The van der Waals surface area contributed by atoms with Gasteiger partial charge in [0.1, 0.15) is 17.4 Å². The van der Waals surface area contributed by atoms with Crippen molar-refractivity contribution < 1.29 is 9.13 Å². The molecule has 0 spiro atoms. The van der Waals surface area contributed by atoms with Crippen LogP contribution in [-0.2, 0) is 11.3 Å². The number of hydrogen-bond acceptors (Lipinski definition) is 5. The van der Waals surface area contributed by atoms with Crippen LogP contribution in [0.5, 0.6) is 0 Å². The summed E-state index contributed by atoms with van der Waals surface area (Å²) in [4.78, 5) is 4.27. The highest BCUT2D eigenvalue weighted by atomic mass is 19.1. The molecule has 0 aliphatic carbocycles. The van der Waals surface area contributed by atoms with E-state index in [1.165, 1.54) is 18.3 Å². The number of nitrogens with one attached hydrogen (secondary N) is 1. The topological polar surface area (TPSA) is 70.3 Å². The molecule has 5 nitrogen and oxygen atoms in total. The van der Waals surface area contributed by atoms with Crippen LogP contribution in [0.3, 0.4) is 0 Å². The molecule has 2 rings (SSSR count). The van der Waals surface area contributed by atoms with Crippen LogP contribution in [0.4, 0.5) is 10.2 Å². The molecule has 0 aliphatic rings. The Bertz CT molecular complexity index is 720. The molecule has 0 aliphatic heterocycles. The zero-order valence-corrected chi connectivity index (χ0v) is 12.3. The molecule has 1 heterocycles. The van der Waals surface area contributed by atoms with Gasteiger partial charge in [-0.2, -0.15) is 10.4 Å². The van der Waals surface area contributed by atoms with E-state index in [2.05, 4.69) is 21.6 Å². The van der Waals surface area contributed by atoms with Gasteiger partial charge in [-0.3, -0.25) is 5.43 Å². The molecule has 2 aromatic rings. The normalized spacial score (nSPS) is 10.6. The van der Waals surface area contributed by atoms with Crippen molar-refractivity contribution in [2.45, 2.75) is 13.5 Å². The van der Waals surface area contributed by atoms with Gasteiger partial charge in [-0.15, -0.1) is 0 Å². The van der Waals surface area contributed by atoms with Crippen LogP contribution >= 0.6 is 0 Å². The Morgan fingerprint density at radius 2 is 2.14 bits per heavy atom. The van der Waals surface area contributed by atoms with E-state index in [9.17, 15) is 9.65 Å². The van der Waals surface area contributed by atoms with Crippen molar-refractivity contribution in [1.82, 2.24) is 4.98 Å². The summed E-state index contributed by atoms with van der Waals surface area (Å²) in [6, 6.07) is 9.81. The lowest BCUT2D eigenvalue weighted by atomic mass is 10.1. The average Bonchev–Trinajstić information content (AvgIpc) is 2.49. The maximum absolute atomic E-state index is 12.8. The van der Waals surface area contributed by atoms with Crippen molar-refractivity contribution in [3.05, 3.63) is 58.5 Å². The second-order valence-corrected chi connectivity index (χ2v) is 4.61. The predicted octanol–water partition coefficient (Wildman–Crippen LogP) is 2.99. The number of hydrazone groups is 1. The summed E-state index contributed by atoms with van der Waals surface area (Å²) in [5, 5.41) is 13.3. The quantitative estimate of drug-likeness (QED) is 0.680. The highest BCUT2D eigenvalue weighted by Crippen LogP contribution is 2.19. The van der Waals surface area contributed by atoms with Crippen LogP contribution in [-0.4, -0.2) is 18.3 Å². The SMILES string of the molecule is COCc1cc(C)nc(NN=Cc2ccc(F)cc2)c1C#N. The van der Waals surface area contributed by atoms with E-state index in [0.29, 0.717) is 18.0 Å². The molecule has 1 aromatic heterocycles. The fraction of sp³-hybridized carbons (Fsp3) is 0.188. The molecular weight excluding hydrogens is 283 g/mol. The number of halogens is 1. The molecule has 22 heavy (non-hydrogen) atoms. The number of rotatable bonds is 5. The van der Waals surface area contributed by atoms with E-state index in [0.717, 1.165) is 16.8 Å². The number of ether oxygens (including phenoxy) is 1. The fourth-order valence-corrected chi connectivity index (χ4v) is 1.93. The molecule has 0 atom stereocenters. The van der Waals surface area contributed by atoms with Gasteiger partial charge < -0.3 is 4.74 Å². The van der Waals surface area contributed by atoms with E-state index in [4.69, 9.17) is 4.74 Å². The number of hydrogen-bond donors (Lipinski definition) is 1. The Kier molecular flexibility index (Phi) is 5.17. The summed E-state index contributed by atoms with van der Waals surface area (Å²) in [5.74, 6) is 0.0642. The molecule has 0 saturated carbocycles. The Balaban J connectivity index is 2.22. The van der Waals surface area contributed by atoms with Crippen molar-refractivity contribution in [1.29, 1.82) is 5.26 Å². The lowest BCUT2D eigenvalue weighted by molar-refractivity contribution is 0.184. The van der Waals surface area contributed by atoms with Gasteiger partial charge in [-0.25, -0.2) is 9.37 Å². The van der Waals surface area contributed by atoms with Gasteiger partial charge in [0.05, 0.1) is 12.8 Å². The fourth-order valence-electron chi connectivity index (χ4n) is 1.93. The van der Waals surface area contributed by atoms with E-state index in [1.807, 2.05) is 6.92 Å². The first kappa shape index (κ1) is 15.6. The lowest BCUT2D eigenvalue weighted by Gasteiger charge is -2.09. The van der Waals surface area contributed by atoms with Gasteiger partial charge in [0.25, 0.3) is 0 Å². The first-order valence-electron chi connectivity index (χ1n) is 6.58. The van der Waals surface area contributed by atoms with Crippen LogP contribution in [0.1, 0.15) is 22.4 Å². The second kappa shape index (κ2) is 7.29. The van der Waals surface area contributed by atoms with Crippen molar-refractivity contribution in [2.24, 2.45) is 5.10 Å². The summed E-state index contributed by atoms with van der Waals surface area (Å²) in [5.41, 5.74) is 5.38. The number of aromatic nitrogens is 1. The number of anilines is 1. The maximum Gasteiger partial charge on any atom is 0.164 e. The summed E-state index contributed by atoms with van der Waals surface area (Å²) < 4.78 is 17.9. The van der Waals surface area contributed by atoms with Crippen LogP contribution in [0, 0.1) is 24.1 Å². The average molecular weight is 298 g/mol. The van der Waals surface area contributed by atoms with E-state index < -0.39 is 0 Å². The number of benzene rings is 1. The summed E-state index contributed by atoms with van der Waals surface area (Å²) in [7, 11) is 1.57. The van der Waals surface area contributed by atoms with E-state index >= 15 is 0 Å². The molecule has 0 radical (unpaired) electrons. The standard InChI is InChI=1S/C16H15FN4O/c1-11-7-13(10-22-2)15(8-18)16(20-11)21-19-9-12-3-5-14(17)6-4-12/h3-7,9H,10H2,1-2H3,(H,20,21). The molecule has 1 N–H and O–H groups in total. The molecular formula is C16H15FN4O. The zero-order chi connectivity index (χ0) is 15.9. The van der Waals surface area contributed by atoms with Gasteiger partial charge in [0.15, 0.2) is 5.82 Å². The summed E-state index contributed by atoms with van der Waals surface area (Å²) in [6.07, 6.45) is 1.53. The van der Waals surface area contributed by atoms with Crippen LogP contribution in [0.2, 0.25) is 0 Å². The molecule has 0 amide bonds. The van der Waals surface area contributed by atoms with Crippen molar-refractivity contribution in [3.63, 3.8) is 0 Å². The Hall–Kier alpha value is -2.78. The van der Waals surface area contributed by atoms with E-state index in [1.54, 1.807) is 25.3 Å². The first-order valence-corrected chi connectivity index (χ1v) is 6.58. The van der Waals surface area contributed by atoms with Crippen LogP contribution in [0.25, 0.3) is 0 Å². The lowest BCUT2D eigenvalue weighted by Crippen LogP contribution is -2.03. The molecule has 1 aromatic carbocycles. The second-order valence-electron chi connectivity index (χ2n) is 4.61. The van der Waals surface area contributed by atoms with Gasteiger partial charge in [-0.1, -0.05) is 12.1 Å². The Labute approximate surface area is 128 Å². The van der Waals surface area contributed by atoms with Crippen LogP contribution < -0.4 is 5.43 Å². The minimum atomic E-state index is -0.304. The van der Waals surface area contributed by atoms with Gasteiger partial charge >= 0.3 is 0 Å². The highest BCUT2D eigenvalue weighted by Gasteiger charge is 2.10. The largest absolute Gasteiger partial charge is 0.380 e. The molecule has 0 bridgehead atoms. The predicted molar refractivity (Wildman–Crippen MR) is 82.0 cm³/mol. The Morgan fingerprint density at radius 1 is 1.41 bits per heavy atom. The third kappa shape index (κ3) is 3.87. The maximum atomic E-state index is 12.8. The Morgan fingerprint density at radius 3 is 2.77 bits per heavy atom. The van der Waals surface area contributed by atoms with Crippen molar-refractivity contribution in [2.75, 3.05) is 12.5 Å². The molecule has 0 fully saturated rings. The van der Waals surface area contributed by atoms with Crippen molar-refractivity contribution in [3.8, 4) is 6.07 Å². The number of aryl methyl sites for hydroxylation is 1. The van der Waals surface area contributed by atoms with Gasteiger partial charge in [-0.05, 0) is 30.7 Å². The molecule has 0 unspecified atom stereocenters. The zero-order valence-electron chi connectivity index (χ0n) is 12.3. The highest BCUT2D eigenvalue weighted by molar-refractivity contribution is 5.80. The number of nitrogens with zero attached hydrogens (tertiary/aromatic N) is 3. The third-order valence-corrected chi connectivity index (χ3v) is 2.89. The minimum Gasteiger partial charge on any atom is -0.380 e. The first-order chi connectivity index (χ1) is 10.6. The molecule has 112 valence electrons. The molecule has 6 heteroatoms. The monoisotopic (exact) mass is 298 g/mol. The summed E-state index contributed by atoms with van der Waals surface area (Å²) in [6.45, 7) is 2.15.